The predicted octanol–water partition coefficient (Wildman–Crippen LogP) is 1.66. The lowest BCUT2D eigenvalue weighted by atomic mass is 10.2. The van der Waals surface area contributed by atoms with E-state index in [2.05, 4.69) is 9.72 Å². The van der Waals surface area contributed by atoms with Crippen LogP contribution in [0.3, 0.4) is 0 Å². The molecule has 0 radical (unpaired) electrons. The van der Waals surface area contributed by atoms with Gasteiger partial charge in [0.1, 0.15) is 0 Å². The highest BCUT2D eigenvalue weighted by Crippen LogP contribution is 2.33. The first-order valence-electron chi connectivity index (χ1n) is 4.35. The molecular formula is C8H8F3N3O3. The zero-order chi connectivity index (χ0) is 13.2. The quantitative estimate of drug-likeness (QED) is 0.651. The first kappa shape index (κ1) is 13.2. The van der Waals surface area contributed by atoms with E-state index in [1.807, 2.05) is 0 Å². The van der Waals surface area contributed by atoms with Crippen LogP contribution in [0.15, 0.2) is 6.07 Å². The molecule has 0 aliphatic carbocycles. The molecule has 0 spiro atoms. The van der Waals surface area contributed by atoms with Gasteiger partial charge in [-0.2, -0.15) is 0 Å². The Kier molecular flexibility index (Phi) is 3.51. The van der Waals surface area contributed by atoms with Crippen molar-refractivity contribution >= 4 is 5.69 Å². The van der Waals surface area contributed by atoms with E-state index >= 15 is 0 Å². The van der Waals surface area contributed by atoms with Crippen molar-refractivity contribution in [3.8, 4) is 5.88 Å². The molecule has 0 aromatic carbocycles. The minimum Gasteiger partial charge on any atom is -0.381 e. The third-order valence-electron chi connectivity index (χ3n) is 1.78. The maximum Gasteiger partial charge on any atom is 0.574 e. The van der Waals surface area contributed by atoms with Crippen LogP contribution in [0.1, 0.15) is 11.3 Å². The first-order valence-corrected chi connectivity index (χ1v) is 4.35. The number of rotatable bonds is 3. The zero-order valence-electron chi connectivity index (χ0n) is 8.61. The lowest BCUT2D eigenvalue weighted by Gasteiger charge is -2.10. The summed E-state index contributed by atoms with van der Waals surface area (Å²) in [5.41, 5.74) is 4.44. The topological polar surface area (TPSA) is 91.3 Å². The van der Waals surface area contributed by atoms with E-state index in [0.717, 1.165) is 0 Å². The Hall–Kier alpha value is -1.90. The van der Waals surface area contributed by atoms with E-state index in [9.17, 15) is 23.3 Å². The highest BCUT2D eigenvalue weighted by Gasteiger charge is 2.36. The third kappa shape index (κ3) is 3.28. The number of alkyl halides is 3. The van der Waals surface area contributed by atoms with Gasteiger partial charge in [-0.1, -0.05) is 0 Å². The van der Waals surface area contributed by atoms with Crippen LogP contribution in [-0.2, 0) is 6.54 Å². The monoisotopic (exact) mass is 251 g/mol. The Morgan fingerprint density at radius 3 is 2.59 bits per heavy atom. The SMILES string of the molecule is Cc1cc(CN)c([N+](=O)[O-])c(OC(F)(F)F)n1. The van der Waals surface area contributed by atoms with Crippen molar-refractivity contribution in [3.63, 3.8) is 0 Å². The standard InChI is InChI=1S/C8H8F3N3O3/c1-4-2-5(3-12)6(14(15)16)7(13-4)17-8(9,10)11/h2H,3,12H2,1H3. The molecular weight excluding hydrogens is 243 g/mol. The number of halogens is 3. The second-order valence-corrected chi connectivity index (χ2v) is 3.09. The van der Waals surface area contributed by atoms with E-state index in [1.54, 1.807) is 0 Å². The molecule has 1 rings (SSSR count). The van der Waals surface area contributed by atoms with Crippen molar-refractivity contribution in [1.29, 1.82) is 0 Å². The van der Waals surface area contributed by atoms with E-state index in [-0.39, 0.29) is 17.8 Å². The minimum atomic E-state index is -5.04. The number of pyridine rings is 1. The summed E-state index contributed by atoms with van der Waals surface area (Å²) in [5.74, 6) is -1.09. The molecule has 1 aromatic heterocycles. The van der Waals surface area contributed by atoms with Crippen molar-refractivity contribution < 1.29 is 22.8 Å². The van der Waals surface area contributed by atoms with Crippen LogP contribution < -0.4 is 10.5 Å². The van der Waals surface area contributed by atoms with Gasteiger partial charge in [0, 0.05) is 12.2 Å². The Bertz CT molecular complexity index is 448. The Balaban J connectivity index is 3.35. The molecule has 0 aliphatic rings. The molecule has 2 N–H and O–H groups in total. The van der Waals surface area contributed by atoms with Crippen molar-refractivity contribution in [2.24, 2.45) is 5.73 Å². The maximum atomic E-state index is 12.0. The number of nitrogens with two attached hydrogens (primary N) is 1. The summed E-state index contributed by atoms with van der Waals surface area (Å²) in [6.07, 6.45) is -5.04. The number of aryl methyl sites for hydroxylation is 1. The number of hydrogen-bond donors (Lipinski definition) is 1. The smallest absolute Gasteiger partial charge is 0.381 e. The van der Waals surface area contributed by atoms with Gasteiger partial charge in [-0.3, -0.25) is 10.1 Å². The molecule has 0 saturated carbocycles. The van der Waals surface area contributed by atoms with Crippen LogP contribution in [-0.4, -0.2) is 16.3 Å². The Morgan fingerprint density at radius 2 is 2.18 bits per heavy atom. The van der Waals surface area contributed by atoms with E-state index in [1.165, 1.54) is 13.0 Å². The van der Waals surface area contributed by atoms with Crippen LogP contribution in [0, 0.1) is 17.0 Å². The summed E-state index contributed by atoms with van der Waals surface area (Å²) in [6, 6.07) is 1.24. The molecule has 0 aliphatic heterocycles. The van der Waals surface area contributed by atoms with Gasteiger partial charge in [0.15, 0.2) is 0 Å². The van der Waals surface area contributed by atoms with Crippen LogP contribution >= 0.6 is 0 Å². The largest absolute Gasteiger partial charge is 0.574 e. The van der Waals surface area contributed by atoms with Gasteiger partial charge in [0.2, 0.25) is 0 Å². The van der Waals surface area contributed by atoms with Crippen molar-refractivity contribution in [2.45, 2.75) is 19.8 Å². The van der Waals surface area contributed by atoms with Gasteiger partial charge in [-0.15, -0.1) is 13.2 Å². The maximum absolute atomic E-state index is 12.0. The lowest BCUT2D eigenvalue weighted by molar-refractivity contribution is -0.389. The second kappa shape index (κ2) is 4.53. The average molecular weight is 251 g/mol. The summed E-state index contributed by atoms with van der Waals surface area (Å²) < 4.78 is 39.6. The fourth-order valence-corrected chi connectivity index (χ4v) is 1.23. The van der Waals surface area contributed by atoms with Gasteiger partial charge in [0.05, 0.1) is 10.5 Å². The normalized spacial score (nSPS) is 11.4. The Morgan fingerprint density at radius 1 is 1.59 bits per heavy atom. The van der Waals surface area contributed by atoms with Gasteiger partial charge < -0.3 is 10.5 Å². The fourth-order valence-electron chi connectivity index (χ4n) is 1.23. The average Bonchev–Trinajstić information content (AvgIpc) is 2.12. The van der Waals surface area contributed by atoms with Gasteiger partial charge in [-0.05, 0) is 13.0 Å². The number of hydrogen-bond acceptors (Lipinski definition) is 5. The molecule has 0 amide bonds. The number of aromatic nitrogens is 1. The zero-order valence-corrected chi connectivity index (χ0v) is 8.61. The molecule has 0 unspecified atom stereocenters. The summed E-state index contributed by atoms with van der Waals surface area (Å²) in [6.45, 7) is 1.10. The van der Waals surface area contributed by atoms with E-state index in [4.69, 9.17) is 5.73 Å². The van der Waals surface area contributed by atoms with Gasteiger partial charge >= 0.3 is 17.9 Å². The van der Waals surface area contributed by atoms with E-state index < -0.39 is 22.9 Å². The highest BCUT2D eigenvalue weighted by atomic mass is 19.4. The van der Waals surface area contributed by atoms with Crippen molar-refractivity contribution in [3.05, 3.63) is 27.4 Å². The number of nitrogens with zero attached hydrogens (tertiary/aromatic N) is 2. The van der Waals surface area contributed by atoms with Crippen LogP contribution in [0.2, 0.25) is 0 Å². The summed E-state index contributed by atoms with van der Waals surface area (Å²) in [5, 5.41) is 10.7. The molecule has 0 saturated heterocycles. The first-order chi connectivity index (χ1) is 7.74. The number of nitro groups is 1. The molecule has 1 heterocycles. The molecule has 0 bridgehead atoms. The molecule has 0 fully saturated rings. The highest BCUT2D eigenvalue weighted by molar-refractivity contribution is 5.49. The molecule has 17 heavy (non-hydrogen) atoms. The Labute approximate surface area is 93.3 Å². The fraction of sp³-hybridized carbons (Fsp3) is 0.375. The number of ether oxygens (including phenoxy) is 1. The molecule has 0 atom stereocenters. The summed E-state index contributed by atoms with van der Waals surface area (Å²) >= 11 is 0. The van der Waals surface area contributed by atoms with Crippen LogP contribution in [0.4, 0.5) is 18.9 Å². The van der Waals surface area contributed by atoms with Gasteiger partial charge in [-0.25, -0.2) is 4.98 Å². The summed E-state index contributed by atoms with van der Waals surface area (Å²) in [4.78, 5) is 13.0. The van der Waals surface area contributed by atoms with E-state index in [0.29, 0.717) is 0 Å². The van der Waals surface area contributed by atoms with Crippen LogP contribution in [0.25, 0.3) is 0 Å². The molecule has 1 aromatic rings. The second-order valence-electron chi connectivity index (χ2n) is 3.09. The third-order valence-corrected chi connectivity index (χ3v) is 1.78. The van der Waals surface area contributed by atoms with Crippen LogP contribution in [0.5, 0.6) is 5.88 Å². The minimum absolute atomic E-state index is 0.0678. The molecule has 9 heteroatoms. The predicted molar refractivity (Wildman–Crippen MR) is 50.2 cm³/mol. The molecule has 94 valence electrons. The lowest BCUT2D eigenvalue weighted by Crippen LogP contribution is -2.20. The van der Waals surface area contributed by atoms with Crippen molar-refractivity contribution in [2.75, 3.05) is 0 Å². The van der Waals surface area contributed by atoms with Crippen molar-refractivity contribution in [1.82, 2.24) is 4.98 Å². The molecule has 6 nitrogen and oxygen atoms in total. The summed E-state index contributed by atoms with van der Waals surface area (Å²) in [7, 11) is 0. The van der Waals surface area contributed by atoms with Gasteiger partial charge in [0.25, 0.3) is 0 Å².